The van der Waals surface area contributed by atoms with Crippen molar-refractivity contribution in [3.63, 3.8) is 0 Å². The Bertz CT molecular complexity index is 1330. The number of carbonyl (C=O) groups excluding carboxylic acids is 4. The fourth-order valence-electron chi connectivity index (χ4n) is 4.58. The molecule has 238 valence electrons. The molecule has 3 rings (SSSR count). The van der Waals surface area contributed by atoms with E-state index in [2.05, 4.69) is 21.4 Å². The van der Waals surface area contributed by atoms with Crippen LogP contribution in [-0.4, -0.2) is 76.3 Å². The minimum Gasteiger partial charge on any atom is -0.443 e. The average Bonchev–Trinajstić information content (AvgIpc) is 2.95. The lowest BCUT2D eigenvalue weighted by Crippen LogP contribution is -2.59. The Hall–Kier alpha value is -4.42. The van der Waals surface area contributed by atoms with Crippen LogP contribution in [0.5, 0.6) is 0 Å². The first kappa shape index (κ1) is 34.1. The van der Waals surface area contributed by atoms with E-state index in [4.69, 9.17) is 10.5 Å². The van der Waals surface area contributed by atoms with E-state index in [0.717, 1.165) is 16.8 Å². The first-order valence-corrected chi connectivity index (χ1v) is 14.6. The third kappa shape index (κ3) is 10.7. The van der Waals surface area contributed by atoms with Crippen LogP contribution >= 0.6 is 0 Å². The van der Waals surface area contributed by atoms with Crippen LogP contribution in [0, 0.1) is 0 Å². The maximum Gasteiger partial charge on any atom is 0.422 e. The molecule has 1 aliphatic heterocycles. The number of aliphatic hydroxyl groups excluding tert-OH is 1. The number of para-hydroxylation sites is 1. The Balaban J connectivity index is 1.76. The van der Waals surface area contributed by atoms with Gasteiger partial charge in [-0.25, -0.2) is 9.80 Å². The monoisotopic (exact) mass is 608 g/mol. The number of aliphatic hydroxyl groups is 1. The van der Waals surface area contributed by atoms with Gasteiger partial charge in [-0.2, -0.15) is 0 Å². The SMILES string of the molecule is CC(C)N(C[C@H](O)[C@H](Cc1ccccc1)NC(=O)C(CC(N)=O)NC(=O)C1C=Cc2ccccc2N1)NC(=O)OC(C)(C)C. The molecule has 0 spiro atoms. The maximum atomic E-state index is 13.6. The molecular formula is C32H44N6O6. The van der Waals surface area contributed by atoms with E-state index in [1.807, 2.05) is 68.4 Å². The molecule has 1 heterocycles. The van der Waals surface area contributed by atoms with Crippen molar-refractivity contribution < 1.29 is 29.0 Å². The van der Waals surface area contributed by atoms with Gasteiger partial charge < -0.3 is 31.5 Å². The summed E-state index contributed by atoms with van der Waals surface area (Å²) in [6.45, 7) is 8.84. The van der Waals surface area contributed by atoms with Gasteiger partial charge in [0.1, 0.15) is 17.7 Å². The number of hydrazine groups is 1. The molecule has 12 nitrogen and oxygen atoms in total. The van der Waals surface area contributed by atoms with Crippen molar-refractivity contribution in [2.45, 2.75) is 83.3 Å². The maximum absolute atomic E-state index is 13.6. The van der Waals surface area contributed by atoms with Gasteiger partial charge in [0.2, 0.25) is 17.7 Å². The number of nitrogens with one attached hydrogen (secondary N) is 4. The first-order valence-electron chi connectivity index (χ1n) is 14.6. The van der Waals surface area contributed by atoms with E-state index in [-0.39, 0.29) is 19.0 Å². The van der Waals surface area contributed by atoms with Crippen molar-refractivity contribution in [3.8, 4) is 0 Å². The number of benzene rings is 2. The van der Waals surface area contributed by atoms with Gasteiger partial charge >= 0.3 is 6.09 Å². The van der Waals surface area contributed by atoms with Crippen LogP contribution in [0.3, 0.4) is 0 Å². The second kappa shape index (κ2) is 15.3. The molecule has 2 aromatic rings. The van der Waals surface area contributed by atoms with E-state index in [1.165, 1.54) is 5.01 Å². The summed E-state index contributed by atoms with van der Waals surface area (Å²) in [5, 5.41) is 21.5. The van der Waals surface area contributed by atoms with Crippen LogP contribution in [0.2, 0.25) is 0 Å². The van der Waals surface area contributed by atoms with Gasteiger partial charge in [0.15, 0.2) is 0 Å². The van der Waals surface area contributed by atoms with E-state index in [1.54, 1.807) is 32.9 Å². The highest BCUT2D eigenvalue weighted by molar-refractivity contribution is 5.96. The van der Waals surface area contributed by atoms with Crippen LogP contribution in [0.15, 0.2) is 60.7 Å². The summed E-state index contributed by atoms with van der Waals surface area (Å²) < 4.78 is 5.36. The zero-order chi connectivity index (χ0) is 32.4. The van der Waals surface area contributed by atoms with Gasteiger partial charge in [0.25, 0.3) is 0 Å². The van der Waals surface area contributed by atoms with Gasteiger partial charge in [-0.3, -0.25) is 19.8 Å². The van der Waals surface area contributed by atoms with Gasteiger partial charge in [-0.05, 0) is 58.2 Å². The Labute approximate surface area is 258 Å². The molecule has 0 saturated carbocycles. The Morgan fingerprint density at radius 1 is 1.02 bits per heavy atom. The fourth-order valence-corrected chi connectivity index (χ4v) is 4.58. The number of ether oxygens (including phenoxy) is 1. The third-order valence-electron chi connectivity index (χ3n) is 6.79. The standard InChI is InChI=1S/C32H44N6O6/c1-20(2)38(37-31(43)44-32(3,4)5)19-27(39)25(17-21-11-7-6-8-12-21)35-30(42)26(18-28(33)40)36-29(41)24-16-15-22-13-9-10-14-23(22)34-24/h6-16,20,24-27,34,39H,17-19H2,1-5H3,(H2,33,40)(H,35,42)(H,36,41)(H,37,43)/t24?,25-,26?,27-/m0/s1. The minimum atomic E-state index is -1.29. The van der Waals surface area contributed by atoms with E-state index in [9.17, 15) is 24.3 Å². The number of amides is 4. The summed E-state index contributed by atoms with van der Waals surface area (Å²) in [6.07, 6.45) is 1.39. The molecule has 2 unspecified atom stereocenters. The average molecular weight is 609 g/mol. The lowest BCUT2D eigenvalue weighted by molar-refractivity contribution is -0.132. The van der Waals surface area contributed by atoms with Crippen LogP contribution in [0.1, 0.15) is 52.2 Å². The van der Waals surface area contributed by atoms with Crippen molar-refractivity contribution in [1.82, 2.24) is 21.1 Å². The predicted molar refractivity (Wildman–Crippen MR) is 168 cm³/mol. The number of primary amides is 1. The topological polar surface area (TPSA) is 175 Å². The predicted octanol–water partition coefficient (Wildman–Crippen LogP) is 2.09. The third-order valence-corrected chi connectivity index (χ3v) is 6.79. The summed E-state index contributed by atoms with van der Waals surface area (Å²) in [7, 11) is 0. The lowest BCUT2D eigenvalue weighted by atomic mass is 9.99. The second-order valence-electron chi connectivity index (χ2n) is 12.0. The zero-order valence-corrected chi connectivity index (χ0v) is 25.9. The molecule has 7 N–H and O–H groups in total. The van der Waals surface area contributed by atoms with Gasteiger partial charge in [0.05, 0.1) is 18.6 Å². The van der Waals surface area contributed by atoms with Crippen LogP contribution in [0.4, 0.5) is 10.5 Å². The molecule has 4 amide bonds. The molecule has 1 aliphatic rings. The van der Waals surface area contributed by atoms with Crippen molar-refractivity contribution in [2.75, 3.05) is 11.9 Å². The van der Waals surface area contributed by atoms with Crippen molar-refractivity contribution in [2.24, 2.45) is 5.73 Å². The highest BCUT2D eigenvalue weighted by Crippen LogP contribution is 2.22. The number of nitrogens with zero attached hydrogens (tertiary/aromatic N) is 1. The van der Waals surface area contributed by atoms with E-state index < -0.39 is 60.1 Å². The normalized spacial score (nSPS) is 16.2. The van der Waals surface area contributed by atoms with Crippen LogP contribution < -0.4 is 27.1 Å². The highest BCUT2D eigenvalue weighted by atomic mass is 16.6. The van der Waals surface area contributed by atoms with Gasteiger partial charge in [0, 0.05) is 18.3 Å². The molecule has 44 heavy (non-hydrogen) atoms. The van der Waals surface area contributed by atoms with Crippen molar-refractivity contribution >= 4 is 35.6 Å². The number of hydrogen-bond donors (Lipinski definition) is 6. The highest BCUT2D eigenvalue weighted by Gasteiger charge is 2.32. The molecule has 0 fully saturated rings. The summed E-state index contributed by atoms with van der Waals surface area (Å²) in [6, 6.07) is 13.5. The van der Waals surface area contributed by atoms with Crippen molar-refractivity contribution in [1.29, 1.82) is 0 Å². The molecule has 2 aromatic carbocycles. The molecule has 0 aromatic heterocycles. The molecule has 0 saturated heterocycles. The molecular weight excluding hydrogens is 564 g/mol. The summed E-state index contributed by atoms with van der Waals surface area (Å²) in [5.74, 6) is -1.99. The summed E-state index contributed by atoms with van der Waals surface area (Å²) >= 11 is 0. The Kier molecular flexibility index (Phi) is 11.9. The molecule has 4 atom stereocenters. The first-order chi connectivity index (χ1) is 20.7. The van der Waals surface area contributed by atoms with Gasteiger partial charge in [-0.15, -0.1) is 0 Å². The largest absolute Gasteiger partial charge is 0.443 e. The molecule has 0 aliphatic carbocycles. The Morgan fingerprint density at radius 2 is 1.68 bits per heavy atom. The quantitative estimate of drug-likeness (QED) is 0.187. The lowest BCUT2D eigenvalue weighted by Gasteiger charge is -2.33. The number of rotatable bonds is 13. The van der Waals surface area contributed by atoms with Gasteiger partial charge in [-0.1, -0.05) is 60.7 Å². The number of nitrogens with two attached hydrogens (primary N) is 1. The minimum absolute atomic E-state index is 0.0578. The fraction of sp³-hybridized carbons (Fsp3) is 0.438. The Morgan fingerprint density at radius 3 is 2.32 bits per heavy atom. The molecule has 0 radical (unpaired) electrons. The number of fused-ring (bicyclic) bond motifs is 1. The number of anilines is 1. The van der Waals surface area contributed by atoms with Crippen LogP contribution in [-0.2, 0) is 25.5 Å². The number of carbonyl (C=O) groups is 4. The summed E-state index contributed by atoms with van der Waals surface area (Å²) in [5.41, 5.74) is 9.89. The number of hydrogen-bond acceptors (Lipinski definition) is 8. The van der Waals surface area contributed by atoms with E-state index in [0.29, 0.717) is 0 Å². The smallest absolute Gasteiger partial charge is 0.422 e. The second-order valence-corrected chi connectivity index (χ2v) is 12.0. The van der Waals surface area contributed by atoms with Crippen molar-refractivity contribution in [3.05, 3.63) is 71.8 Å². The summed E-state index contributed by atoms with van der Waals surface area (Å²) in [4.78, 5) is 51.1. The molecule has 12 heteroatoms. The molecule has 0 bridgehead atoms. The van der Waals surface area contributed by atoms with Crippen LogP contribution in [0.25, 0.3) is 6.08 Å². The zero-order valence-electron chi connectivity index (χ0n) is 25.9. The van der Waals surface area contributed by atoms with E-state index >= 15 is 0 Å².